The van der Waals surface area contributed by atoms with Gasteiger partial charge in [-0.1, -0.05) is 33.1 Å². The van der Waals surface area contributed by atoms with E-state index in [2.05, 4.69) is 23.8 Å². The second-order valence-electron chi connectivity index (χ2n) is 6.81. The summed E-state index contributed by atoms with van der Waals surface area (Å²) in [5.41, 5.74) is 0.247. The van der Waals surface area contributed by atoms with Gasteiger partial charge in [0.05, 0.1) is 12.1 Å². The normalized spacial score (nSPS) is 27.7. The van der Waals surface area contributed by atoms with E-state index in [1.807, 2.05) is 0 Å². The number of nitrogens with zero attached hydrogens (tertiary/aromatic N) is 2. The Hall–Kier alpha value is -1.24. The minimum Gasteiger partial charge on any atom is -0.211 e. The second-order valence-corrected chi connectivity index (χ2v) is 6.81. The van der Waals surface area contributed by atoms with Crippen molar-refractivity contribution < 1.29 is 9.59 Å². The highest BCUT2D eigenvalue weighted by molar-refractivity contribution is 5.35. The van der Waals surface area contributed by atoms with E-state index in [4.69, 9.17) is 0 Å². The first-order chi connectivity index (χ1) is 10.7. The predicted octanol–water partition coefficient (Wildman–Crippen LogP) is 4.73. The van der Waals surface area contributed by atoms with Gasteiger partial charge in [0.25, 0.3) is 0 Å². The van der Waals surface area contributed by atoms with Gasteiger partial charge < -0.3 is 0 Å². The molecule has 4 nitrogen and oxygen atoms in total. The molecule has 0 N–H and O–H groups in total. The van der Waals surface area contributed by atoms with Gasteiger partial charge in [-0.15, -0.1) is 0 Å². The van der Waals surface area contributed by atoms with Gasteiger partial charge in [0.15, 0.2) is 0 Å². The Kier molecular flexibility index (Phi) is 8.30. The van der Waals surface area contributed by atoms with E-state index in [1.165, 1.54) is 25.7 Å². The zero-order chi connectivity index (χ0) is 16.3. The van der Waals surface area contributed by atoms with Crippen LogP contribution >= 0.6 is 0 Å². The molecule has 0 aliphatic heterocycles. The maximum atomic E-state index is 10.7. The number of hydrogen-bond donors (Lipinski definition) is 0. The number of rotatable bonds is 10. The third-order valence-corrected chi connectivity index (χ3v) is 5.53. The Morgan fingerprint density at radius 1 is 0.909 bits per heavy atom. The molecule has 0 bridgehead atoms. The van der Waals surface area contributed by atoms with Gasteiger partial charge in [0.2, 0.25) is 12.2 Å². The van der Waals surface area contributed by atoms with Crippen LogP contribution in [0.4, 0.5) is 0 Å². The smallest absolute Gasteiger partial charge is 0.211 e. The number of hydrogen-bond acceptors (Lipinski definition) is 4. The lowest BCUT2D eigenvalue weighted by Gasteiger charge is -2.44. The van der Waals surface area contributed by atoms with Crippen LogP contribution in [0.15, 0.2) is 9.98 Å². The van der Waals surface area contributed by atoms with E-state index in [-0.39, 0.29) is 5.54 Å². The quantitative estimate of drug-likeness (QED) is 0.333. The minimum absolute atomic E-state index is 0.153. The molecule has 0 saturated heterocycles. The lowest BCUT2D eigenvalue weighted by molar-refractivity contribution is 0.101. The molecule has 0 radical (unpaired) electrons. The molecule has 0 aromatic carbocycles. The van der Waals surface area contributed by atoms with E-state index in [9.17, 15) is 9.59 Å². The highest BCUT2D eigenvalue weighted by Crippen LogP contribution is 2.49. The Balaban J connectivity index is 2.62. The van der Waals surface area contributed by atoms with Gasteiger partial charge in [-0.3, -0.25) is 0 Å². The van der Waals surface area contributed by atoms with Crippen molar-refractivity contribution in [2.45, 2.75) is 90.0 Å². The Bertz CT molecular complexity index is 413. The summed E-state index contributed by atoms with van der Waals surface area (Å²) < 4.78 is 0. The average Bonchev–Trinajstić information content (AvgIpc) is 2.55. The molecular formula is C18H30N2O2. The summed E-state index contributed by atoms with van der Waals surface area (Å²) >= 11 is 0. The first-order valence-corrected chi connectivity index (χ1v) is 8.78. The molecule has 1 aliphatic rings. The zero-order valence-electron chi connectivity index (χ0n) is 14.2. The van der Waals surface area contributed by atoms with E-state index in [0.29, 0.717) is 12.0 Å². The standard InChI is InChI=1S/C18H30N2O2/c1-3-5-8-17(9-6-7-14-19-15-21)10-12-18(4-2,13-11-17)20-16-22/h3-14H2,1-2H3. The summed E-state index contributed by atoms with van der Waals surface area (Å²) in [6.07, 6.45) is 15.7. The van der Waals surface area contributed by atoms with Crippen LogP contribution in [0.25, 0.3) is 0 Å². The predicted molar refractivity (Wildman–Crippen MR) is 88.4 cm³/mol. The lowest BCUT2D eigenvalue weighted by atomic mass is 9.63. The molecule has 1 saturated carbocycles. The van der Waals surface area contributed by atoms with Crippen LogP contribution in [0.3, 0.4) is 0 Å². The van der Waals surface area contributed by atoms with Crippen molar-refractivity contribution in [1.29, 1.82) is 0 Å². The third-order valence-electron chi connectivity index (χ3n) is 5.53. The second kappa shape index (κ2) is 9.71. The van der Waals surface area contributed by atoms with E-state index in [0.717, 1.165) is 44.9 Å². The molecule has 1 aliphatic carbocycles. The van der Waals surface area contributed by atoms with Gasteiger partial charge in [0.1, 0.15) is 0 Å². The molecule has 22 heavy (non-hydrogen) atoms. The Labute approximate surface area is 134 Å². The first kappa shape index (κ1) is 18.8. The van der Waals surface area contributed by atoms with Crippen LogP contribution in [0.2, 0.25) is 0 Å². The van der Waals surface area contributed by atoms with Crippen molar-refractivity contribution in [2.75, 3.05) is 6.54 Å². The van der Waals surface area contributed by atoms with Gasteiger partial charge in [-0.2, -0.15) is 4.99 Å². The van der Waals surface area contributed by atoms with Crippen molar-refractivity contribution in [3.05, 3.63) is 0 Å². The van der Waals surface area contributed by atoms with Crippen molar-refractivity contribution in [1.82, 2.24) is 0 Å². The monoisotopic (exact) mass is 306 g/mol. The third kappa shape index (κ3) is 5.51. The fourth-order valence-electron chi connectivity index (χ4n) is 3.80. The molecule has 0 aromatic rings. The highest BCUT2D eigenvalue weighted by Gasteiger charge is 2.41. The van der Waals surface area contributed by atoms with Gasteiger partial charge in [0, 0.05) is 0 Å². The molecule has 124 valence electrons. The maximum absolute atomic E-state index is 10.7. The van der Waals surface area contributed by atoms with E-state index >= 15 is 0 Å². The van der Waals surface area contributed by atoms with Crippen LogP contribution in [0, 0.1) is 5.41 Å². The molecule has 1 fully saturated rings. The summed E-state index contributed by atoms with van der Waals surface area (Å²) in [6, 6.07) is 0. The summed E-state index contributed by atoms with van der Waals surface area (Å²) in [7, 11) is 0. The van der Waals surface area contributed by atoms with Gasteiger partial charge in [-0.25, -0.2) is 14.6 Å². The number of unbranched alkanes of at least 4 members (excludes halogenated alkanes) is 2. The average molecular weight is 306 g/mol. The van der Waals surface area contributed by atoms with Crippen LogP contribution < -0.4 is 0 Å². The lowest BCUT2D eigenvalue weighted by Crippen LogP contribution is -2.37. The number of aliphatic imine (C=N–C) groups is 2. The molecule has 0 aromatic heterocycles. The Morgan fingerprint density at radius 3 is 2.14 bits per heavy atom. The first-order valence-electron chi connectivity index (χ1n) is 8.78. The van der Waals surface area contributed by atoms with Gasteiger partial charge >= 0.3 is 0 Å². The summed E-state index contributed by atoms with van der Waals surface area (Å²) in [5.74, 6) is 0. The highest BCUT2D eigenvalue weighted by atomic mass is 16.1. The SMILES string of the molecule is CCCCC1(CCCCN=C=O)CCC(CC)(N=C=O)CC1. The summed E-state index contributed by atoms with van der Waals surface area (Å²) in [4.78, 5) is 28.6. The topological polar surface area (TPSA) is 58.9 Å². The largest absolute Gasteiger partial charge is 0.235 e. The Morgan fingerprint density at radius 2 is 1.59 bits per heavy atom. The minimum atomic E-state index is -0.153. The van der Waals surface area contributed by atoms with Crippen LogP contribution in [0.5, 0.6) is 0 Å². The van der Waals surface area contributed by atoms with Crippen LogP contribution in [-0.2, 0) is 9.59 Å². The van der Waals surface area contributed by atoms with Crippen molar-refractivity contribution in [3.8, 4) is 0 Å². The molecule has 0 spiro atoms. The molecule has 0 atom stereocenters. The van der Waals surface area contributed by atoms with Crippen LogP contribution in [0.1, 0.15) is 84.5 Å². The fourth-order valence-corrected chi connectivity index (χ4v) is 3.80. The molecule has 1 rings (SSSR count). The van der Waals surface area contributed by atoms with E-state index < -0.39 is 0 Å². The van der Waals surface area contributed by atoms with Crippen molar-refractivity contribution in [3.63, 3.8) is 0 Å². The fraction of sp³-hybridized carbons (Fsp3) is 0.889. The molecule has 0 amide bonds. The van der Waals surface area contributed by atoms with Crippen molar-refractivity contribution in [2.24, 2.45) is 15.4 Å². The van der Waals surface area contributed by atoms with Crippen LogP contribution in [-0.4, -0.2) is 24.2 Å². The van der Waals surface area contributed by atoms with Crippen molar-refractivity contribution >= 4 is 12.2 Å². The summed E-state index contributed by atoms with van der Waals surface area (Å²) in [5, 5.41) is 0. The maximum Gasteiger partial charge on any atom is 0.235 e. The number of isocyanates is 2. The summed E-state index contributed by atoms with van der Waals surface area (Å²) in [6.45, 7) is 4.96. The molecule has 0 unspecified atom stereocenters. The number of carbonyl (C=O) groups excluding carboxylic acids is 2. The molecule has 4 heteroatoms. The zero-order valence-corrected chi connectivity index (χ0v) is 14.2. The van der Waals surface area contributed by atoms with E-state index in [1.54, 1.807) is 12.2 Å². The van der Waals surface area contributed by atoms with Gasteiger partial charge in [-0.05, 0) is 56.8 Å². The molecule has 0 heterocycles. The molecular weight excluding hydrogens is 276 g/mol.